The van der Waals surface area contributed by atoms with Gasteiger partial charge in [-0.1, -0.05) is 23.7 Å². The van der Waals surface area contributed by atoms with Crippen molar-refractivity contribution in [2.45, 2.75) is 38.4 Å². The van der Waals surface area contributed by atoms with Crippen LogP contribution in [0.25, 0.3) is 0 Å². The van der Waals surface area contributed by atoms with E-state index < -0.39 is 0 Å². The summed E-state index contributed by atoms with van der Waals surface area (Å²) in [7, 11) is 1.55. The van der Waals surface area contributed by atoms with Crippen molar-refractivity contribution in [1.82, 2.24) is 10.2 Å². The first kappa shape index (κ1) is 23.9. The van der Waals surface area contributed by atoms with E-state index in [0.717, 1.165) is 24.2 Å². The number of halogens is 1. The monoisotopic (exact) mass is 481 g/mol. The summed E-state index contributed by atoms with van der Waals surface area (Å²) in [5, 5.41) is 6.40. The van der Waals surface area contributed by atoms with Gasteiger partial charge in [0.1, 0.15) is 11.5 Å². The molecule has 2 amide bonds. The average Bonchev–Trinajstić information content (AvgIpc) is 3.49. The van der Waals surface area contributed by atoms with Crippen molar-refractivity contribution < 1.29 is 18.7 Å². The highest BCUT2D eigenvalue weighted by Gasteiger charge is 2.23. The van der Waals surface area contributed by atoms with Crippen LogP contribution in [-0.2, 0) is 17.9 Å². The molecule has 2 aromatic carbocycles. The van der Waals surface area contributed by atoms with Gasteiger partial charge in [-0.2, -0.15) is 0 Å². The summed E-state index contributed by atoms with van der Waals surface area (Å²) in [4.78, 5) is 27.0. The van der Waals surface area contributed by atoms with Crippen molar-refractivity contribution >= 4 is 29.1 Å². The van der Waals surface area contributed by atoms with Crippen LogP contribution in [0.15, 0.2) is 65.3 Å². The van der Waals surface area contributed by atoms with Gasteiger partial charge in [-0.25, -0.2) is 0 Å². The number of carbonyl (C=O) groups excluding carboxylic acids is 2. The maximum Gasteiger partial charge on any atom is 0.251 e. The minimum atomic E-state index is -0.142. The second kappa shape index (κ2) is 11.2. The van der Waals surface area contributed by atoms with Crippen molar-refractivity contribution in [3.05, 3.63) is 82.8 Å². The summed E-state index contributed by atoms with van der Waals surface area (Å²) in [5.41, 5.74) is 2.24. The molecule has 34 heavy (non-hydrogen) atoms. The van der Waals surface area contributed by atoms with E-state index in [9.17, 15) is 9.59 Å². The Hall–Kier alpha value is -3.29. The van der Waals surface area contributed by atoms with E-state index in [1.54, 1.807) is 31.6 Å². The third-order valence-electron chi connectivity index (χ3n) is 5.59. The van der Waals surface area contributed by atoms with Crippen LogP contribution in [0.1, 0.15) is 40.9 Å². The summed E-state index contributed by atoms with van der Waals surface area (Å²) >= 11 is 6.06. The van der Waals surface area contributed by atoms with Crippen LogP contribution in [-0.4, -0.2) is 36.4 Å². The first-order chi connectivity index (χ1) is 16.5. The number of methoxy groups -OCH3 is 1. The van der Waals surface area contributed by atoms with Gasteiger partial charge in [0, 0.05) is 36.1 Å². The largest absolute Gasteiger partial charge is 0.495 e. The summed E-state index contributed by atoms with van der Waals surface area (Å²) in [6, 6.07) is 16.8. The Bertz CT molecular complexity index is 1110. The zero-order chi connectivity index (χ0) is 23.9. The van der Waals surface area contributed by atoms with Gasteiger partial charge >= 0.3 is 0 Å². The minimum absolute atomic E-state index is 0.0328. The van der Waals surface area contributed by atoms with Crippen LogP contribution in [0, 0.1) is 0 Å². The second-order valence-corrected chi connectivity index (χ2v) is 8.81. The molecule has 2 N–H and O–H groups in total. The lowest BCUT2D eigenvalue weighted by Gasteiger charge is -2.21. The summed E-state index contributed by atoms with van der Waals surface area (Å²) in [6.45, 7) is 1.68. The van der Waals surface area contributed by atoms with Crippen LogP contribution in [0.4, 0.5) is 5.69 Å². The highest BCUT2D eigenvalue weighted by Crippen LogP contribution is 2.27. The molecule has 1 fully saturated rings. The Morgan fingerprint density at radius 2 is 1.91 bits per heavy atom. The molecule has 1 aromatic heterocycles. The average molecular weight is 482 g/mol. The highest BCUT2D eigenvalue weighted by atomic mass is 35.5. The molecule has 0 spiro atoms. The Morgan fingerprint density at radius 3 is 2.59 bits per heavy atom. The lowest BCUT2D eigenvalue weighted by Crippen LogP contribution is -2.27. The van der Waals surface area contributed by atoms with E-state index in [1.165, 1.54) is 0 Å². The normalized spacial score (nSPS) is 13.0. The highest BCUT2D eigenvalue weighted by molar-refractivity contribution is 6.31. The molecule has 0 radical (unpaired) electrons. The molecule has 1 heterocycles. The predicted molar refractivity (Wildman–Crippen MR) is 131 cm³/mol. The quantitative estimate of drug-likeness (QED) is 0.408. The topological polar surface area (TPSA) is 83.8 Å². The lowest BCUT2D eigenvalue weighted by molar-refractivity contribution is -0.116. The Balaban J connectivity index is 1.37. The van der Waals surface area contributed by atoms with E-state index in [2.05, 4.69) is 15.5 Å². The molecule has 1 aliphatic rings. The fourth-order valence-corrected chi connectivity index (χ4v) is 3.78. The van der Waals surface area contributed by atoms with E-state index in [1.807, 2.05) is 36.4 Å². The van der Waals surface area contributed by atoms with Crippen molar-refractivity contribution in [3.63, 3.8) is 0 Å². The number of furan rings is 1. The Labute approximate surface area is 204 Å². The van der Waals surface area contributed by atoms with Gasteiger partial charge in [-0.3, -0.25) is 14.5 Å². The molecule has 8 heteroatoms. The molecule has 1 saturated carbocycles. The lowest BCUT2D eigenvalue weighted by atomic mass is 10.1. The third-order valence-corrected chi connectivity index (χ3v) is 5.82. The van der Waals surface area contributed by atoms with Gasteiger partial charge in [0.05, 0.1) is 25.6 Å². The Kier molecular flexibility index (Phi) is 7.87. The zero-order valence-corrected chi connectivity index (χ0v) is 19.8. The molecule has 1 aliphatic carbocycles. The molecule has 4 rings (SSSR count). The number of nitrogens with zero attached hydrogens (tertiary/aromatic N) is 1. The molecule has 3 aromatic rings. The van der Waals surface area contributed by atoms with Gasteiger partial charge in [0.2, 0.25) is 5.91 Å². The molecule has 178 valence electrons. The second-order valence-electron chi connectivity index (χ2n) is 8.38. The van der Waals surface area contributed by atoms with E-state index in [0.29, 0.717) is 47.7 Å². The number of rotatable bonds is 11. The van der Waals surface area contributed by atoms with Gasteiger partial charge in [-0.05, 0) is 60.9 Å². The summed E-state index contributed by atoms with van der Waals surface area (Å²) in [6.07, 6.45) is 4.03. The molecule has 0 aliphatic heterocycles. The fraction of sp³-hybridized carbons (Fsp3) is 0.308. The number of anilines is 1. The number of hydrogen-bond donors (Lipinski definition) is 2. The van der Waals surface area contributed by atoms with Gasteiger partial charge in [0.15, 0.2) is 0 Å². The van der Waals surface area contributed by atoms with Crippen LogP contribution in [0.5, 0.6) is 5.75 Å². The summed E-state index contributed by atoms with van der Waals surface area (Å²) in [5.74, 6) is 1.19. The summed E-state index contributed by atoms with van der Waals surface area (Å²) < 4.78 is 10.8. The number of nitrogens with one attached hydrogen (secondary N) is 2. The van der Waals surface area contributed by atoms with Crippen molar-refractivity contribution in [1.29, 1.82) is 0 Å². The standard InChI is InChI=1S/C26H28ClN3O4/c1-33-24-11-8-20(27)15-23(24)29-25(31)12-13-30(17-22-3-2-14-34-22)16-18-4-6-19(7-5-18)26(32)28-21-9-10-21/h2-8,11,14-15,21H,9-10,12-13,16-17H2,1H3,(H,28,32)(H,29,31). The minimum Gasteiger partial charge on any atom is -0.495 e. The van der Waals surface area contributed by atoms with Crippen molar-refractivity contribution in [2.75, 3.05) is 19.0 Å². The van der Waals surface area contributed by atoms with Gasteiger partial charge in [-0.15, -0.1) is 0 Å². The van der Waals surface area contributed by atoms with Crippen LogP contribution >= 0.6 is 11.6 Å². The number of hydrogen-bond acceptors (Lipinski definition) is 5. The van der Waals surface area contributed by atoms with E-state index in [-0.39, 0.29) is 18.2 Å². The molecule has 0 bridgehead atoms. The number of amides is 2. The zero-order valence-electron chi connectivity index (χ0n) is 19.1. The predicted octanol–water partition coefficient (Wildman–Crippen LogP) is 4.86. The first-order valence-corrected chi connectivity index (χ1v) is 11.7. The number of carbonyl (C=O) groups is 2. The van der Waals surface area contributed by atoms with Crippen molar-refractivity contribution in [3.8, 4) is 5.75 Å². The SMILES string of the molecule is COc1ccc(Cl)cc1NC(=O)CCN(Cc1ccc(C(=O)NC2CC2)cc1)Cc1ccco1. The van der Waals surface area contributed by atoms with E-state index >= 15 is 0 Å². The van der Waals surface area contributed by atoms with Gasteiger partial charge in [0.25, 0.3) is 5.91 Å². The molecular weight excluding hydrogens is 454 g/mol. The van der Waals surface area contributed by atoms with Crippen LogP contribution in [0.3, 0.4) is 0 Å². The maximum atomic E-state index is 12.7. The first-order valence-electron chi connectivity index (χ1n) is 11.3. The number of benzene rings is 2. The molecule has 0 atom stereocenters. The van der Waals surface area contributed by atoms with E-state index in [4.69, 9.17) is 20.8 Å². The molecule has 0 saturated heterocycles. The van der Waals surface area contributed by atoms with Crippen LogP contribution < -0.4 is 15.4 Å². The van der Waals surface area contributed by atoms with Crippen molar-refractivity contribution in [2.24, 2.45) is 0 Å². The maximum absolute atomic E-state index is 12.7. The third kappa shape index (κ3) is 6.85. The van der Waals surface area contributed by atoms with Crippen LogP contribution in [0.2, 0.25) is 5.02 Å². The van der Waals surface area contributed by atoms with Gasteiger partial charge < -0.3 is 19.8 Å². The fourth-order valence-electron chi connectivity index (χ4n) is 3.60. The molecular formula is C26H28ClN3O4. The Morgan fingerprint density at radius 1 is 1.12 bits per heavy atom. The number of ether oxygens (including phenoxy) is 1. The molecule has 7 nitrogen and oxygen atoms in total. The molecule has 0 unspecified atom stereocenters. The smallest absolute Gasteiger partial charge is 0.251 e.